The van der Waals surface area contributed by atoms with Crippen LogP contribution in [0.15, 0.2) is 18.7 Å². The fourth-order valence-electron chi connectivity index (χ4n) is 1.36. The molecule has 0 aromatic carbocycles. The summed E-state index contributed by atoms with van der Waals surface area (Å²) in [6.45, 7) is 6.68. The van der Waals surface area contributed by atoms with Crippen LogP contribution >= 0.6 is 0 Å². The summed E-state index contributed by atoms with van der Waals surface area (Å²) < 4.78 is 41.2. The van der Waals surface area contributed by atoms with Gasteiger partial charge < -0.3 is 21.8 Å². The highest BCUT2D eigenvalue weighted by Gasteiger charge is 2.20. The molecule has 0 atom stereocenters. The zero-order chi connectivity index (χ0) is 12.8. The zero-order valence-electron chi connectivity index (χ0n) is 9.63. The Bertz CT molecular complexity index is 276. The van der Waals surface area contributed by atoms with Gasteiger partial charge in [-0.1, -0.05) is 13.3 Å². The molecule has 0 amide bonds. The van der Waals surface area contributed by atoms with Crippen molar-refractivity contribution >= 4 is 7.25 Å². The number of imidazole rings is 1. The molecular weight excluding hydrogens is 223 g/mol. The molecule has 7 heteroatoms. The van der Waals surface area contributed by atoms with Gasteiger partial charge in [-0.05, 0) is 20.3 Å². The maximum atomic E-state index is 9.75. The van der Waals surface area contributed by atoms with Crippen LogP contribution in [-0.4, -0.2) is 16.8 Å². The van der Waals surface area contributed by atoms with Crippen LogP contribution in [0.25, 0.3) is 0 Å². The van der Waals surface area contributed by atoms with E-state index < -0.39 is 7.25 Å². The molecule has 0 radical (unpaired) electrons. The maximum Gasteiger partial charge on any atom is 0.673 e. The van der Waals surface area contributed by atoms with Crippen LogP contribution in [-0.2, 0) is 5.54 Å². The van der Waals surface area contributed by atoms with Gasteiger partial charge in [0.1, 0.15) is 0 Å². The van der Waals surface area contributed by atoms with Gasteiger partial charge in [0.15, 0.2) is 0 Å². The van der Waals surface area contributed by atoms with Gasteiger partial charge in [0.05, 0.1) is 6.33 Å². The Morgan fingerprint density at radius 3 is 2.06 bits per heavy atom. The third-order valence-electron chi connectivity index (χ3n) is 2.07. The van der Waals surface area contributed by atoms with E-state index in [2.05, 4.69) is 30.3 Å². The van der Waals surface area contributed by atoms with E-state index in [1.165, 1.54) is 12.8 Å². The second-order valence-corrected chi connectivity index (χ2v) is 4.03. The van der Waals surface area contributed by atoms with Gasteiger partial charge in [-0.3, -0.25) is 0 Å². The van der Waals surface area contributed by atoms with Gasteiger partial charge in [0, 0.05) is 17.9 Å². The Morgan fingerprint density at radius 2 is 1.75 bits per heavy atom. The molecule has 0 aliphatic carbocycles. The Morgan fingerprint density at radius 1 is 1.25 bits per heavy atom. The molecular formula is C9H16BF4N2-. The van der Waals surface area contributed by atoms with Crippen molar-refractivity contribution in [2.45, 2.75) is 39.2 Å². The first-order valence-electron chi connectivity index (χ1n) is 5.02. The van der Waals surface area contributed by atoms with Gasteiger partial charge in [-0.15, -0.1) is 0 Å². The summed E-state index contributed by atoms with van der Waals surface area (Å²) in [5, 5.41) is 0. The van der Waals surface area contributed by atoms with Gasteiger partial charge >= 0.3 is 7.25 Å². The molecule has 94 valence electrons. The lowest BCUT2D eigenvalue weighted by Crippen LogP contribution is -2.24. The van der Waals surface area contributed by atoms with Crippen LogP contribution < -0.4 is 0 Å². The van der Waals surface area contributed by atoms with Crippen molar-refractivity contribution in [3.8, 4) is 0 Å². The second kappa shape index (κ2) is 5.91. The summed E-state index contributed by atoms with van der Waals surface area (Å²) >= 11 is 0. The first-order valence-corrected chi connectivity index (χ1v) is 5.02. The van der Waals surface area contributed by atoms with Crippen molar-refractivity contribution in [3.05, 3.63) is 18.7 Å². The SMILES string of the molecule is CCCC(C)(C)n1ccnc1.F[B-](F)(F)F. The first-order chi connectivity index (χ1) is 7.17. The topological polar surface area (TPSA) is 17.8 Å². The van der Waals surface area contributed by atoms with E-state index in [9.17, 15) is 17.3 Å². The third-order valence-corrected chi connectivity index (χ3v) is 2.07. The van der Waals surface area contributed by atoms with E-state index in [1.807, 2.05) is 18.7 Å². The van der Waals surface area contributed by atoms with Crippen LogP contribution in [0, 0.1) is 0 Å². The van der Waals surface area contributed by atoms with E-state index >= 15 is 0 Å². The summed E-state index contributed by atoms with van der Waals surface area (Å²) in [6, 6.07) is 0. The molecule has 0 N–H and O–H groups in total. The molecule has 0 bridgehead atoms. The summed E-state index contributed by atoms with van der Waals surface area (Å²) in [7, 11) is -6.00. The van der Waals surface area contributed by atoms with E-state index in [1.54, 1.807) is 0 Å². The van der Waals surface area contributed by atoms with Crippen molar-refractivity contribution in [2.24, 2.45) is 0 Å². The molecule has 0 aliphatic rings. The Kier molecular flexibility index (Phi) is 5.54. The number of aromatic nitrogens is 2. The van der Waals surface area contributed by atoms with E-state index in [4.69, 9.17) is 0 Å². The Balaban J connectivity index is 0.000000385. The summed E-state index contributed by atoms with van der Waals surface area (Å²) in [6.07, 6.45) is 8.15. The van der Waals surface area contributed by atoms with Crippen molar-refractivity contribution < 1.29 is 17.3 Å². The van der Waals surface area contributed by atoms with Crippen LogP contribution in [0.5, 0.6) is 0 Å². The fraction of sp³-hybridized carbons (Fsp3) is 0.667. The van der Waals surface area contributed by atoms with Gasteiger partial charge in [0.2, 0.25) is 0 Å². The number of halogens is 4. The molecule has 2 nitrogen and oxygen atoms in total. The summed E-state index contributed by atoms with van der Waals surface area (Å²) in [4.78, 5) is 4.03. The number of hydrogen-bond acceptors (Lipinski definition) is 1. The zero-order valence-corrected chi connectivity index (χ0v) is 9.63. The molecule has 0 unspecified atom stereocenters. The minimum atomic E-state index is -6.00. The van der Waals surface area contributed by atoms with E-state index in [0.717, 1.165) is 0 Å². The average Bonchev–Trinajstić information content (AvgIpc) is 2.51. The highest BCUT2D eigenvalue weighted by Crippen LogP contribution is 2.20. The Labute approximate surface area is 92.8 Å². The van der Waals surface area contributed by atoms with Crippen LogP contribution in [0.3, 0.4) is 0 Å². The highest BCUT2D eigenvalue weighted by molar-refractivity contribution is 6.50. The monoisotopic (exact) mass is 239 g/mol. The quantitative estimate of drug-likeness (QED) is 0.580. The molecule has 16 heavy (non-hydrogen) atoms. The normalized spacial score (nSPS) is 11.9. The van der Waals surface area contributed by atoms with Gasteiger partial charge in [-0.25, -0.2) is 4.98 Å². The van der Waals surface area contributed by atoms with Gasteiger partial charge in [-0.2, -0.15) is 0 Å². The summed E-state index contributed by atoms with van der Waals surface area (Å²) in [5.41, 5.74) is 0.227. The predicted octanol–water partition coefficient (Wildman–Crippen LogP) is 3.72. The minimum absolute atomic E-state index is 0.227. The molecule has 0 aliphatic heterocycles. The number of rotatable bonds is 3. The van der Waals surface area contributed by atoms with Crippen LogP contribution in [0.1, 0.15) is 33.6 Å². The lowest BCUT2D eigenvalue weighted by molar-refractivity contribution is 0.324. The smallest absolute Gasteiger partial charge is 0.418 e. The highest BCUT2D eigenvalue weighted by atomic mass is 19.5. The van der Waals surface area contributed by atoms with E-state index in [-0.39, 0.29) is 5.54 Å². The molecule has 1 heterocycles. The van der Waals surface area contributed by atoms with Gasteiger partial charge in [0.25, 0.3) is 0 Å². The minimum Gasteiger partial charge on any atom is -0.418 e. The molecule has 0 spiro atoms. The molecule has 0 fully saturated rings. The summed E-state index contributed by atoms with van der Waals surface area (Å²) in [5.74, 6) is 0. The molecule has 1 aromatic heterocycles. The third kappa shape index (κ3) is 7.31. The van der Waals surface area contributed by atoms with Crippen molar-refractivity contribution in [2.75, 3.05) is 0 Å². The molecule has 1 rings (SSSR count). The van der Waals surface area contributed by atoms with Crippen molar-refractivity contribution in [1.82, 2.24) is 9.55 Å². The first kappa shape index (κ1) is 15.0. The average molecular weight is 239 g/mol. The Hall–Kier alpha value is -1.01. The molecule has 1 aromatic rings. The molecule has 0 saturated heterocycles. The predicted molar refractivity (Wildman–Crippen MR) is 56.6 cm³/mol. The number of hydrogen-bond donors (Lipinski definition) is 0. The standard InChI is InChI=1S/C9H16N2.BF4/c1-4-5-9(2,3)11-7-6-10-8-11;2-1(3,4)5/h6-8H,4-5H2,1-3H3;/q;-1. The number of nitrogens with zero attached hydrogens (tertiary/aromatic N) is 2. The van der Waals surface area contributed by atoms with Crippen molar-refractivity contribution in [3.63, 3.8) is 0 Å². The second-order valence-electron chi connectivity index (χ2n) is 4.03. The van der Waals surface area contributed by atoms with Crippen LogP contribution in [0.2, 0.25) is 0 Å². The maximum absolute atomic E-state index is 9.75. The van der Waals surface area contributed by atoms with Crippen LogP contribution in [0.4, 0.5) is 17.3 Å². The fourth-order valence-corrected chi connectivity index (χ4v) is 1.36. The van der Waals surface area contributed by atoms with Crippen molar-refractivity contribution in [1.29, 1.82) is 0 Å². The lowest BCUT2D eigenvalue weighted by atomic mass is 9.99. The lowest BCUT2D eigenvalue weighted by Gasteiger charge is -2.25. The van der Waals surface area contributed by atoms with E-state index in [0.29, 0.717) is 0 Å². The molecule has 0 saturated carbocycles. The largest absolute Gasteiger partial charge is 0.673 e.